The molecule has 6 rings (SSSR count). The lowest BCUT2D eigenvalue weighted by Crippen LogP contribution is -2.48. The largest absolute Gasteiger partial charge is 0.505 e. The number of benzene rings is 4. The molecule has 1 fully saturated rings. The Bertz CT molecular complexity index is 2270. The first kappa shape index (κ1) is 38.7. The van der Waals surface area contributed by atoms with Crippen LogP contribution in [0.5, 0.6) is 5.75 Å². The molecule has 0 radical (unpaired) electrons. The van der Waals surface area contributed by atoms with Crippen molar-refractivity contribution in [3.8, 4) is 5.75 Å². The number of piperazine rings is 1. The first-order chi connectivity index (χ1) is 25.5. The minimum atomic E-state index is -4.60. The Kier molecular flexibility index (Phi) is 12.4. The van der Waals surface area contributed by atoms with Gasteiger partial charge in [0, 0.05) is 68.2 Å². The third-order valence-electron chi connectivity index (χ3n) is 8.20. The van der Waals surface area contributed by atoms with Gasteiger partial charge in [-0.05, 0) is 53.4 Å². The zero-order valence-electron chi connectivity index (χ0n) is 27.4. The van der Waals surface area contributed by atoms with E-state index in [0.717, 1.165) is 19.6 Å². The van der Waals surface area contributed by atoms with E-state index in [0.29, 0.717) is 66.1 Å². The Morgan fingerprint density at radius 2 is 1.68 bits per heavy atom. The summed E-state index contributed by atoms with van der Waals surface area (Å²) in [6, 6.07) is 13.6. The number of phenols is 1. The van der Waals surface area contributed by atoms with Gasteiger partial charge >= 0.3 is 0 Å². The van der Waals surface area contributed by atoms with Gasteiger partial charge in [0.2, 0.25) is 17.2 Å². The molecule has 0 atom stereocenters. The molecule has 0 aliphatic carbocycles. The van der Waals surface area contributed by atoms with Gasteiger partial charge in [0.15, 0.2) is 5.75 Å². The molecule has 1 aliphatic heterocycles. The molecule has 0 spiro atoms. The molecule has 23 heteroatoms. The van der Waals surface area contributed by atoms with Crippen molar-refractivity contribution >= 4 is 96.3 Å². The summed E-state index contributed by atoms with van der Waals surface area (Å²) in [5.74, 6) is 0.408. The SMILES string of the molecule is CN(c1ccc2c(O)c(N=Nc3ccc4c(S(=O)(=O)O)cccc4c3SOOO)c(SOOO)cc2c1)c1nc(Cl)nc(N2CCN(CCN)CC2)n1. The molecule has 5 aromatic rings. The number of aromatic hydroxyl groups is 1. The molecule has 0 unspecified atom stereocenters. The van der Waals surface area contributed by atoms with Gasteiger partial charge in [0.05, 0.1) is 33.9 Å². The second kappa shape index (κ2) is 17.0. The predicted molar refractivity (Wildman–Crippen MR) is 195 cm³/mol. The van der Waals surface area contributed by atoms with Crippen molar-refractivity contribution in [3.63, 3.8) is 0 Å². The van der Waals surface area contributed by atoms with Gasteiger partial charge in [-0.1, -0.05) is 28.3 Å². The average Bonchev–Trinajstić information content (AvgIpc) is 3.15. The quantitative estimate of drug-likeness (QED) is 0.0288. The highest BCUT2D eigenvalue weighted by atomic mass is 35.5. The molecule has 53 heavy (non-hydrogen) atoms. The standard InChI is InChI=1S/C30H30ClN9O10S3/c1-38(29-33-28(31)34-30(35-29)40-13-11-39(10-9-32)12-14-40)18-5-6-19-17(15-18)16-23(51-49-47-42)25(26(19)41)37-36-22-8-7-20-21(27(22)52-50-48-43)3-2-4-24(20)53(44,45)46/h2-8,15-16,41-43H,9-14,32H2,1H3,(H,44,45,46). The Morgan fingerprint density at radius 3 is 2.40 bits per heavy atom. The van der Waals surface area contributed by atoms with Crippen LogP contribution in [0.25, 0.3) is 21.5 Å². The number of hydrogen-bond donors (Lipinski definition) is 5. The Labute approximate surface area is 314 Å². The highest BCUT2D eigenvalue weighted by Crippen LogP contribution is 2.46. The number of aromatic nitrogens is 3. The smallest absolute Gasteiger partial charge is 0.295 e. The fourth-order valence-corrected chi connectivity index (χ4v) is 7.60. The fraction of sp³-hybridized carbons (Fsp3) is 0.233. The van der Waals surface area contributed by atoms with E-state index in [9.17, 15) is 18.1 Å². The van der Waals surface area contributed by atoms with E-state index in [1.807, 2.05) is 4.90 Å². The van der Waals surface area contributed by atoms with Crippen LogP contribution >= 0.6 is 35.7 Å². The summed E-state index contributed by atoms with van der Waals surface area (Å²) < 4.78 is 43.0. The highest BCUT2D eigenvalue weighted by Gasteiger charge is 2.23. The summed E-state index contributed by atoms with van der Waals surface area (Å²) in [6.45, 7) is 4.39. The lowest BCUT2D eigenvalue weighted by molar-refractivity contribution is -0.432. The van der Waals surface area contributed by atoms with Crippen LogP contribution in [0.15, 0.2) is 79.5 Å². The van der Waals surface area contributed by atoms with E-state index >= 15 is 0 Å². The minimum absolute atomic E-state index is 0.0248. The summed E-state index contributed by atoms with van der Waals surface area (Å²) >= 11 is 7.35. The molecule has 2 heterocycles. The van der Waals surface area contributed by atoms with Gasteiger partial charge < -0.3 is 20.6 Å². The van der Waals surface area contributed by atoms with Crippen molar-refractivity contribution < 1.29 is 47.3 Å². The average molecular weight is 808 g/mol. The summed E-state index contributed by atoms with van der Waals surface area (Å²) in [4.78, 5) is 19.3. The van der Waals surface area contributed by atoms with Gasteiger partial charge in [-0.25, -0.2) is 10.5 Å². The van der Waals surface area contributed by atoms with Gasteiger partial charge in [0.25, 0.3) is 10.1 Å². The Balaban J connectivity index is 1.35. The lowest BCUT2D eigenvalue weighted by atomic mass is 10.1. The Morgan fingerprint density at radius 1 is 0.943 bits per heavy atom. The van der Waals surface area contributed by atoms with Crippen molar-refractivity contribution in [2.45, 2.75) is 14.7 Å². The zero-order chi connectivity index (χ0) is 37.7. The number of azo groups is 1. The number of nitrogens with two attached hydrogens (primary N) is 1. The van der Waals surface area contributed by atoms with Gasteiger partial charge in [-0.3, -0.25) is 9.45 Å². The van der Waals surface area contributed by atoms with E-state index in [-0.39, 0.29) is 53.8 Å². The van der Waals surface area contributed by atoms with E-state index in [1.54, 1.807) is 36.2 Å². The number of anilines is 3. The van der Waals surface area contributed by atoms with Crippen molar-refractivity contribution in [2.75, 3.05) is 56.1 Å². The van der Waals surface area contributed by atoms with Gasteiger partial charge in [0.1, 0.15) is 16.3 Å². The topological polar surface area (TPSA) is 251 Å². The van der Waals surface area contributed by atoms with E-state index < -0.39 is 10.1 Å². The number of halogens is 1. The van der Waals surface area contributed by atoms with E-state index in [1.165, 1.54) is 30.3 Å². The molecule has 1 aliphatic rings. The molecule has 19 nitrogen and oxygen atoms in total. The Hall–Kier alpha value is -4.01. The maximum absolute atomic E-state index is 12.0. The molecule has 0 bridgehead atoms. The first-order valence-corrected chi connectivity index (χ1v) is 18.7. The molecule has 6 N–H and O–H groups in total. The van der Waals surface area contributed by atoms with Crippen LogP contribution in [-0.4, -0.2) is 94.8 Å². The van der Waals surface area contributed by atoms with Crippen LogP contribution in [0.4, 0.5) is 29.0 Å². The van der Waals surface area contributed by atoms with Crippen LogP contribution in [0.3, 0.4) is 0 Å². The third-order valence-corrected chi connectivity index (χ3v) is 10.6. The molecule has 0 saturated carbocycles. The monoisotopic (exact) mass is 807 g/mol. The number of phenolic OH excluding ortho intramolecular Hbond substituents is 1. The molecule has 280 valence electrons. The van der Waals surface area contributed by atoms with Crippen LogP contribution < -0.4 is 15.5 Å². The highest BCUT2D eigenvalue weighted by molar-refractivity contribution is 7.95. The van der Waals surface area contributed by atoms with Crippen LogP contribution in [0.2, 0.25) is 5.28 Å². The fourth-order valence-electron chi connectivity index (χ4n) is 5.68. The third kappa shape index (κ3) is 8.70. The molecule has 1 saturated heterocycles. The van der Waals surface area contributed by atoms with E-state index in [2.05, 4.69) is 44.5 Å². The zero-order valence-corrected chi connectivity index (χ0v) is 30.6. The maximum Gasteiger partial charge on any atom is 0.295 e. The second-order valence-corrected chi connectivity index (χ2v) is 14.4. The summed E-state index contributed by atoms with van der Waals surface area (Å²) in [5, 5.41) is 46.5. The number of nitrogens with zero attached hydrogens (tertiary/aromatic N) is 8. The van der Waals surface area contributed by atoms with Crippen molar-refractivity contribution in [3.05, 3.63) is 59.9 Å². The first-order valence-electron chi connectivity index (χ1n) is 15.4. The van der Waals surface area contributed by atoms with Crippen LogP contribution in [0, 0.1) is 0 Å². The van der Waals surface area contributed by atoms with Crippen LogP contribution in [-0.2, 0) is 28.9 Å². The molecule has 0 amide bonds. The molecule has 1 aromatic heterocycles. The summed E-state index contributed by atoms with van der Waals surface area (Å²) in [7, 11) is -2.85. The summed E-state index contributed by atoms with van der Waals surface area (Å²) in [6.07, 6.45) is 0. The van der Waals surface area contributed by atoms with Crippen LogP contribution in [0.1, 0.15) is 0 Å². The second-order valence-electron chi connectivity index (χ2n) is 11.3. The van der Waals surface area contributed by atoms with Crippen molar-refractivity contribution in [1.29, 1.82) is 0 Å². The lowest BCUT2D eigenvalue weighted by Gasteiger charge is -2.34. The predicted octanol–water partition coefficient (Wildman–Crippen LogP) is 5.90. The van der Waals surface area contributed by atoms with E-state index in [4.69, 9.17) is 32.2 Å². The summed E-state index contributed by atoms with van der Waals surface area (Å²) in [5.41, 5.74) is 6.32. The molecule has 4 aromatic carbocycles. The maximum atomic E-state index is 12.0. The van der Waals surface area contributed by atoms with Gasteiger partial charge in [-0.2, -0.15) is 23.4 Å². The van der Waals surface area contributed by atoms with Gasteiger partial charge in [-0.15, -0.1) is 18.9 Å². The normalized spacial score (nSPS) is 14.2. The number of fused-ring (bicyclic) bond motifs is 2. The van der Waals surface area contributed by atoms with Crippen molar-refractivity contribution in [1.82, 2.24) is 19.9 Å². The molecular formula is C30H30ClN9O10S3. The van der Waals surface area contributed by atoms with Crippen molar-refractivity contribution in [2.24, 2.45) is 16.0 Å². The molecular weight excluding hydrogens is 778 g/mol. The number of rotatable bonds is 14. The minimum Gasteiger partial charge on any atom is -0.505 e. The number of hydrogen-bond acceptors (Lipinski definition) is 20.